The minimum absolute atomic E-state index is 0.0798. The zero-order valence-corrected chi connectivity index (χ0v) is 22.4. The third-order valence-corrected chi connectivity index (χ3v) is 11.7. The number of sulfonamides is 2. The molecule has 3 N–H and O–H groups in total. The molecule has 2 aromatic heterocycles. The molecule has 0 aliphatic carbocycles. The second-order valence-corrected chi connectivity index (χ2v) is 14.0. The Bertz CT molecular complexity index is 1450. The fraction of sp³-hybridized carbons (Fsp3) is 0.350. The number of nitrogens with zero attached hydrogens (tertiary/aromatic N) is 4. The molecule has 1 saturated heterocycles. The number of carbonyl (C=O) groups is 1. The van der Waals surface area contributed by atoms with Crippen LogP contribution < -0.4 is 5.48 Å². The Kier molecular flexibility index (Phi) is 8.32. The Balaban J connectivity index is 1.52. The molecule has 0 radical (unpaired) electrons. The van der Waals surface area contributed by atoms with E-state index in [2.05, 4.69) is 27.8 Å². The quantitative estimate of drug-likeness (QED) is 0.164. The van der Waals surface area contributed by atoms with E-state index in [0.717, 1.165) is 19.9 Å². The van der Waals surface area contributed by atoms with Crippen molar-refractivity contribution in [2.75, 3.05) is 25.4 Å². The maximum absolute atomic E-state index is 13.4. The van der Waals surface area contributed by atoms with Crippen molar-refractivity contribution >= 4 is 49.9 Å². The first-order chi connectivity index (χ1) is 17.5. The van der Waals surface area contributed by atoms with Crippen molar-refractivity contribution in [3.8, 4) is 10.4 Å². The van der Waals surface area contributed by atoms with Crippen LogP contribution in [0, 0.1) is 5.82 Å². The molecular weight excluding hydrogens is 568 g/mol. The molecular formula is C20H23FN6O6S4. The smallest absolute Gasteiger partial charge is 0.263 e. The third-order valence-electron chi connectivity index (χ3n) is 5.77. The summed E-state index contributed by atoms with van der Waals surface area (Å²) in [6.07, 6.45) is 1.37. The monoisotopic (exact) mass is 590 g/mol. The van der Waals surface area contributed by atoms with E-state index < -0.39 is 49.6 Å². The molecule has 3 heterocycles. The van der Waals surface area contributed by atoms with Crippen LogP contribution in [0.4, 0.5) is 4.39 Å². The third kappa shape index (κ3) is 6.02. The highest BCUT2D eigenvalue weighted by Crippen LogP contribution is 2.34. The van der Waals surface area contributed by atoms with Gasteiger partial charge in [-0.25, -0.2) is 31.7 Å². The van der Waals surface area contributed by atoms with Crippen molar-refractivity contribution < 1.29 is 31.2 Å². The molecule has 2 atom stereocenters. The molecule has 17 heteroatoms. The summed E-state index contributed by atoms with van der Waals surface area (Å²) in [7, 11) is -8.14. The lowest BCUT2D eigenvalue weighted by atomic mass is 10.2. The number of carbonyl (C=O) groups excluding carboxylic acids is 1. The van der Waals surface area contributed by atoms with Crippen molar-refractivity contribution in [3.63, 3.8) is 0 Å². The lowest BCUT2D eigenvalue weighted by Gasteiger charge is -2.38. The van der Waals surface area contributed by atoms with Gasteiger partial charge in [0.25, 0.3) is 15.9 Å². The van der Waals surface area contributed by atoms with Gasteiger partial charge >= 0.3 is 0 Å². The van der Waals surface area contributed by atoms with Crippen LogP contribution in [0.3, 0.4) is 0 Å². The summed E-state index contributed by atoms with van der Waals surface area (Å²) >= 11 is 5.26. The molecule has 1 aromatic carbocycles. The zero-order chi connectivity index (χ0) is 26.8. The SMILES string of the molecule is O=C(NO)[C@H]1CN(S(=O)(=O)CCC(S)c2ncn[nH]2)CCN1S(=O)(=O)c1ccc(-c2ccc(F)cc2)s1. The van der Waals surface area contributed by atoms with Crippen molar-refractivity contribution in [3.05, 3.63) is 54.4 Å². The maximum Gasteiger partial charge on any atom is 0.263 e. The molecule has 0 saturated carbocycles. The summed E-state index contributed by atoms with van der Waals surface area (Å²) in [5.74, 6) is -1.41. The average Bonchev–Trinajstić information content (AvgIpc) is 3.60. The van der Waals surface area contributed by atoms with Crippen LogP contribution in [-0.2, 0) is 24.8 Å². The summed E-state index contributed by atoms with van der Waals surface area (Å²) in [6.45, 7) is -0.980. The number of aromatic amines is 1. The van der Waals surface area contributed by atoms with E-state index in [1.54, 1.807) is 6.07 Å². The van der Waals surface area contributed by atoms with Gasteiger partial charge in [0.2, 0.25) is 10.0 Å². The largest absolute Gasteiger partial charge is 0.289 e. The number of thiol groups is 1. The number of benzene rings is 1. The molecule has 0 spiro atoms. The topological polar surface area (TPSA) is 166 Å². The van der Waals surface area contributed by atoms with Gasteiger partial charge in [0.15, 0.2) is 0 Å². The van der Waals surface area contributed by atoms with Gasteiger partial charge < -0.3 is 0 Å². The molecule has 1 amide bonds. The van der Waals surface area contributed by atoms with E-state index in [9.17, 15) is 31.2 Å². The predicted molar refractivity (Wildman–Crippen MR) is 135 cm³/mol. The number of H-pyrrole nitrogens is 1. The molecule has 37 heavy (non-hydrogen) atoms. The van der Waals surface area contributed by atoms with E-state index in [1.165, 1.54) is 42.1 Å². The van der Waals surface area contributed by atoms with E-state index in [0.29, 0.717) is 16.3 Å². The van der Waals surface area contributed by atoms with Gasteiger partial charge in [-0.15, -0.1) is 11.3 Å². The molecule has 3 aromatic rings. The number of nitrogens with one attached hydrogen (secondary N) is 2. The Morgan fingerprint density at radius 3 is 2.59 bits per heavy atom. The lowest BCUT2D eigenvalue weighted by molar-refractivity contribution is -0.134. The summed E-state index contributed by atoms with van der Waals surface area (Å²) in [5.41, 5.74) is 2.05. The number of amides is 1. The number of piperazine rings is 1. The van der Waals surface area contributed by atoms with Gasteiger partial charge in [0.1, 0.15) is 28.2 Å². The highest BCUT2D eigenvalue weighted by Gasteiger charge is 2.43. The highest BCUT2D eigenvalue weighted by atomic mass is 32.2. The molecule has 12 nitrogen and oxygen atoms in total. The Morgan fingerprint density at radius 2 is 1.95 bits per heavy atom. The van der Waals surface area contributed by atoms with Crippen molar-refractivity contribution in [2.24, 2.45) is 0 Å². The number of hydrogen-bond donors (Lipinski definition) is 4. The van der Waals surface area contributed by atoms with Crippen LogP contribution in [0.15, 0.2) is 46.9 Å². The second kappa shape index (κ2) is 11.1. The van der Waals surface area contributed by atoms with E-state index in [1.807, 2.05) is 0 Å². The normalized spacial score (nSPS) is 18.5. The van der Waals surface area contributed by atoms with E-state index in [-0.39, 0.29) is 29.5 Å². The van der Waals surface area contributed by atoms with Gasteiger partial charge in [-0.1, -0.05) is 12.1 Å². The first-order valence-electron chi connectivity index (χ1n) is 10.9. The van der Waals surface area contributed by atoms with E-state index in [4.69, 9.17) is 0 Å². The Labute approximate surface area is 222 Å². The summed E-state index contributed by atoms with van der Waals surface area (Å²) < 4.78 is 67.9. The molecule has 1 aliphatic rings. The van der Waals surface area contributed by atoms with Gasteiger partial charge in [-0.3, -0.25) is 15.1 Å². The minimum atomic E-state index is -4.23. The number of hydroxylamine groups is 1. The van der Waals surface area contributed by atoms with Crippen LogP contribution in [0.1, 0.15) is 17.5 Å². The number of hydrogen-bond acceptors (Lipinski definition) is 10. The van der Waals surface area contributed by atoms with Gasteiger partial charge in [-0.05, 0) is 36.2 Å². The fourth-order valence-electron chi connectivity index (χ4n) is 3.82. The van der Waals surface area contributed by atoms with Crippen molar-refractivity contribution in [1.82, 2.24) is 29.3 Å². The standard InChI is InChI=1S/C20H23FN6O6S4/c21-14-3-1-13(2-4-14)17-5-6-18(35-17)37(32,33)27-9-8-26(11-15(27)20(28)25-29)36(30,31)10-7-16(34)19-22-12-23-24-19/h1-6,12,15-16,29,34H,7-11H2,(H,25,28)(H,22,23,24)/t15-,16?/m1/s1. The van der Waals surface area contributed by atoms with Gasteiger partial charge in [0.05, 0.1) is 11.0 Å². The molecule has 200 valence electrons. The van der Waals surface area contributed by atoms with Crippen LogP contribution in [-0.4, -0.2) is 83.2 Å². The average molecular weight is 591 g/mol. The lowest BCUT2D eigenvalue weighted by Crippen LogP contribution is -2.61. The second-order valence-electron chi connectivity index (χ2n) is 8.08. The predicted octanol–water partition coefficient (Wildman–Crippen LogP) is 1.24. The molecule has 1 fully saturated rings. The van der Waals surface area contributed by atoms with Crippen LogP contribution in [0.2, 0.25) is 0 Å². The van der Waals surface area contributed by atoms with Gasteiger partial charge in [0, 0.05) is 24.5 Å². The van der Waals surface area contributed by atoms with Gasteiger partial charge in [-0.2, -0.15) is 26.3 Å². The molecule has 1 unspecified atom stereocenters. The first-order valence-corrected chi connectivity index (χ1v) is 15.2. The number of halogens is 1. The Hall–Kier alpha value is -2.41. The summed E-state index contributed by atoms with van der Waals surface area (Å²) in [5, 5.41) is 15.0. The molecule has 1 aliphatic heterocycles. The summed E-state index contributed by atoms with van der Waals surface area (Å²) in [6, 6.07) is 6.97. The first kappa shape index (κ1) is 27.6. The zero-order valence-electron chi connectivity index (χ0n) is 19.1. The van der Waals surface area contributed by atoms with Crippen LogP contribution in [0.5, 0.6) is 0 Å². The molecule has 0 bridgehead atoms. The van der Waals surface area contributed by atoms with E-state index >= 15 is 0 Å². The Morgan fingerprint density at radius 1 is 1.22 bits per heavy atom. The minimum Gasteiger partial charge on any atom is -0.289 e. The number of aromatic nitrogens is 3. The number of rotatable bonds is 9. The van der Waals surface area contributed by atoms with Crippen molar-refractivity contribution in [1.29, 1.82) is 0 Å². The maximum atomic E-state index is 13.4. The van der Waals surface area contributed by atoms with Crippen molar-refractivity contribution in [2.45, 2.75) is 21.9 Å². The fourth-order valence-corrected chi connectivity index (χ4v) is 8.77. The summed E-state index contributed by atoms with van der Waals surface area (Å²) in [4.78, 5) is 17.0. The van der Waals surface area contributed by atoms with Crippen LogP contribution in [0.25, 0.3) is 10.4 Å². The molecule has 4 rings (SSSR count). The van der Waals surface area contributed by atoms with Crippen LogP contribution >= 0.6 is 24.0 Å². The number of thiophene rings is 1. The highest BCUT2D eigenvalue weighted by molar-refractivity contribution is 7.91.